The topological polar surface area (TPSA) is 76.5 Å². The summed E-state index contributed by atoms with van der Waals surface area (Å²) in [6.07, 6.45) is 0. The molecule has 0 bridgehead atoms. The molecule has 0 fully saturated rings. The number of H-pyrrole nitrogens is 1. The number of nitrogens with zero attached hydrogens (tertiary/aromatic N) is 4. The predicted octanol–water partition coefficient (Wildman–Crippen LogP) is 2.32. The SMILES string of the molecule is O=c1c(-c2nn[nH]n2)c2cccccc-2n1Cc1cccc(F)c1. The van der Waals surface area contributed by atoms with E-state index in [4.69, 9.17) is 0 Å². The molecule has 0 amide bonds. The van der Waals surface area contributed by atoms with E-state index in [0.29, 0.717) is 11.1 Å². The number of halogens is 1. The van der Waals surface area contributed by atoms with E-state index in [2.05, 4.69) is 20.6 Å². The lowest BCUT2D eigenvalue weighted by molar-refractivity contribution is 0.623. The summed E-state index contributed by atoms with van der Waals surface area (Å²) in [5.74, 6) is -0.0884. The summed E-state index contributed by atoms with van der Waals surface area (Å²) in [4.78, 5) is 12.9. The Morgan fingerprint density at radius 2 is 1.96 bits per heavy atom. The molecule has 0 atom stereocenters. The quantitative estimate of drug-likeness (QED) is 0.628. The number of tetrazole rings is 1. The van der Waals surface area contributed by atoms with Gasteiger partial charge in [0, 0.05) is 5.56 Å². The van der Waals surface area contributed by atoms with Crippen molar-refractivity contribution in [2.45, 2.75) is 6.54 Å². The van der Waals surface area contributed by atoms with E-state index in [9.17, 15) is 9.18 Å². The molecule has 0 unspecified atom stereocenters. The second-order valence-corrected chi connectivity index (χ2v) is 5.34. The Bertz CT molecular complexity index is 1030. The molecule has 4 rings (SSSR count). The van der Waals surface area contributed by atoms with Crippen LogP contribution in [0.5, 0.6) is 0 Å². The van der Waals surface area contributed by atoms with Crippen molar-refractivity contribution in [3.8, 4) is 22.6 Å². The molecule has 1 aromatic carbocycles. The lowest BCUT2D eigenvalue weighted by atomic mass is 10.1. The molecule has 24 heavy (non-hydrogen) atoms. The Labute approximate surface area is 135 Å². The predicted molar refractivity (Wildman–Crippen MR) is 86.0 cm³/mol. The van der Waals surface area contributed by atoms with Gasteiger partial charge in [-0.2, -0.15) is 5.21 Å². The molecule has 0 radical (unpaired) electrons. The van der Waals surface area contributed by atoms with Crippen LogP contribution in [0, 0.1) is 5.82 Å². The number of aromatic amines is 1. The highest BCUT2D eigenvalue weighted by molar-refractivity contribution is 5.80. The maximum Gasteiger partial charge on any atom is 0.263 e. The van der Waals surface area contributed by atoms with Crippen LogP contribution in [-0.4, -0.2) is 25.2 Å². The van der Waals surface area contributed by atoms with Crippen LogP contribution >= 0.6 is 0 Å². The fraction of sp³-hybridized carbons (Fsp3) is 0.0588. The normalized spacial score (nSPS) is 11.0. The number of fused-ring (bicyclic) bond motifs is 1. The third-order valence-electron chi connectivity index (χ3n) is 3.83. The van der Waals surface area contributed by atoms with E-state index in [0.717, 1.165) is 11.3 Å². The van der Waals surface area contributed by atoms with Gasteiger partial charge in [0.25, 0.3) is 5.56 Å². The summed E-state index contributed by atoms with van der Waals surface area (Å²) in [5.41, 5.74) is 2.31. The van der Waals surface area contributed by atoms with Crippen molar-refractivity contribution in [1.82, 2.24) is 25.2 Å². The first-order valence-electron chi connectivity index (χ1n) is 7.34. The molecule has 2 aliphatic rings. The van der Waals surface area contributed by atoms with Crippen LogP contribution in [0.4, 0.5) is 4.39 Å². The maximum atomic E-state index is 13.5. The lowest BCUT2D eigenvalue weighted by Gasteiger charge is -2.06. The molecule has 0 spiro atoms. The van der Waals surface area contributed by atoms with Crippen molar-refractivity contribution >= 4 is 0 Å². The van der Waals surface area contributed by atoms with Crippen LogP contribution in [-0.2, 0) is 6.54 Å². The standard InChI is InChI=1S/C17H12FN5O/c18-12-6-4-5-11(9-12)10-23-14-8-3-1-2-7-13(14)15(17(23)24)16-19-21-22-20-16/h1-9H,10H2,(H,19,20,21,22). The number of aromatic nitrogens is 5. The monoisotopic (exact) mass is 321 g/mol. The van der Waals surface area contributed by atoms with Gasteiger partial charge in [0.05, 0.1) is 17.8 Å². The highest BCUT2D eigenvalue weighted by Gasteiger charge is 2.23. The summed E-state index contributed by atoms with van der Waals surface area (Å²) in [5, 5.41) is 13.8. The van der Waals surface area contributed by atoms with Crippen LogP contribution in [0.2, 0.25) is 0 Å². The smallest absolute Gasteiger partial charge is 0.263 e. The summed E-state index contributed by atoms with van der Waals surface area (Å²) in [6.45, 7) is 0.259. The van der Waals surface area contributed by atoms with Crippen molar-refractivity contribution in [2.24, 2.45) is 0 Å². The number of hydrogen-bond acceptors (Lipinski definition) is 4. The fourth-order valence-corrected chi connectivity index (χ4v) is 2.80. The number of rotatable bonds is 3. The first kappa shape index (κ1) is 14.3. The van der Waals surface area contributed by atoms with Crippen molar-refractivity contribution in [2.75, 3.05) is 0 Å². The van der Waals surface area contributed by atoms with Gasteiger partial charge in [-0.05, 0) is 29.0 Å². The molecule has 0 saturated heterocycles. The highest BCUT2D eigenvalue weighted by atomic mass is 19.1. The fourth-order valence-electron chi connectivity index (χ4n) is 2.80. The Hall–Kier alpha value is -3.35. The summed E-state index contributed by atoms with van der Waals surface area (Å²) < 4.78 is 15.0. The first-order chi connectivity index (χ1) is 11.7. The molecule has 118 valence electrons. The van der Waals surface area contributed by atoms with Gasteiger partial charge >= 0.3 is 0 Å². The second kappa shape index (κ2) is 5.69. The lowest BCUT2D eigenvalue weighted by Crippen LogP contribution is -2.17. The minimum absolute atomic E-state index is 0.234. The van der Waals surface area contributed by atoms with Crippen LogP contribution in [0.25, 0.3) is 22.6 Å². The highest BCUT2D eigenvalue weighted by Crippen LogP contribution is 2.29. The average molecular weight is 321 g/mol. The molecule has 1 aliphatic heterocycles. The second-order valence-electron chi connectivity index (χ2n) is 5.34. The molecule has 2 aromatic rings. The summed E-state index contributed by atoms with van der Waals surface area (Å²) in [6, 6.07) is 15.5. The zero-order valence-electron chi connectivity index (χ0n) is 12.5. The van der Waals surface area contributed by atoms with Crippen LogP contribution in [0.3, 0.4) is 0 Å². The van der Waals surface area contributed by atoms with E-state index < -0.39 is 0 Å². The van der Waals surface area contributed by atoms with Gasteiger partial charge in [0.2, 0.25) is 5.82 Å². The average Bonchev–Trinajstić information content (AvgIpc) is 3.09. The van der Waals surface area contributed by atoms with Crippen molar-refractivity contribution in [1.29, 1.82) is 0 Å². The molecular weight excluding hydrogens is 309 g/mol. The molecule has 1 aromatic heterocycles. The first-order valence-corrected chi connectivity index (χ1v) is 7.34. The van der Waals surface area contributed by atoms with E-state index in [1.54, 1.807) is 16.7 Å². The van der Waals surface area contributed by atoms with Gasteiger partial charge in [-0.25, -0.2) is 4.39 Å². The molecule has 7 heteroatoms. The van der Waals surface area contributed by atoms with Crippen LogP contribution in [0.1, 0.15) is 5.56 Å². The van der Waals surface area contributed by atoms with Crippen LogP contribution < -0.4 is 5.56 Å². The van der Waals surface area contributed by atoms with Gasteiger partial charge in [-0.3, -0.25) is 4.79 Å². The molecule has 2 heterocycles. The zero-order valence-corrected chi connectivity index (χ0v) is 12.5. The Morgan fingerprint density at radius 1 is 1.08 bits per heavy atom. The van der Waals surface area contributed by atoms with Crippen LogP contribution in [0.15, 0.2) is 59.4 Å². The number of benzene rings is 1. The van der Waals surface area contributed by atoms with Gasteiger partial charge in [0.1, 0.15) is 5.82 Å². The number of nitrogens with one attached hydrogen (secondary N) is 1. The van der Waals surface area contributed by atoms with Gasteiger partial charge in [0.15, 0.2) is 0 Å². The van der Waals surface area contributed by atoms with Gasteiger partial charge < -0.3 is 4.57 Å². The third kappa shape index (κ3) is 2.36. The van der Waals surface area contributed by atoms with Crippen molar-refractivity contribution in [3.63, 3.8) is 0 Å². The third-order valence-corrected chi connectivity index (χ3v) is 3.83. The molecule has 6 nitrogen and oxygen atoms in total. The van der Waals surface area contributed by atoms with Gasteiger partial charge in [-0.1, -0.05) is 36.4 Å². The molecule has 1 N–H and O–H groups in total. The van der Waals surface area contributed by atoms with E-state index in [1.807, 2.05) is 30.3 Å². The minimum Gasteiger partial charge on any atom is -0.303 e. The Balaban J connectivity index is 1.93. The number of hydrogen-bond donors (Lipinski definition) is 1. The van der Waals surface area contributed by atoms with Crippen molar-refractivity contribution < 1.29 is 4.39 Å². The Morgan fingerprint density at radius 3 is 2.75 bits per heavy atom. The van der Waals surface area contributed by atoms with E-state index >= 15 is 0 Å². The van der Waals surface area contributed by atoms with Crippen molar-refractivity contribution in [3.05, 3.63) is 76.3 Å². The Kier molecular flexibility index (Phi) is 3.38. The molecular formula is C17H12FN5O. The summed E-state index contributed by atoms with van der Waals surface area (Å²) in [7, 11) is 0. The van der Waals surface area contributed by atoms with E-state index in [-0.39, 0.29) is 23.7 Å². The van der Waals surface area contributed by atoms with Gasteiger partial charge in [-0.15, -0.1) is 10.2 Å². The van der Waals surface area contributed by atoms with E-state index in [1.165, 1.54) is 12.1 Å². The molecule has 1 aliphatic carbocycles. The maximum absolute atomic E-state index is 13.5. The largest absolute Gasteiger partial charge is 0.303 e. The zero-order chi connectivity index (χ0) is 16.5. The molecule has 0 saturated carbocycles. The minimum atomic E-state index is -0.333. The summed E-state index contributed by atoms with van der Waals surface area (Å²) >= 11 is 0.